The van der Waals surface area contributed by atoms with Gasteiger partial charge < -0.3 is 5.73 Å². The molecule has 6 nitrogen and oxygen atoms in total. The molecule has 3 rings (SSSR count). The molecule has 0 amide bonds. The normalized spacial score (nSPS) is 11.1. The van der Waals surface area contributed by atoms with Crippen LogP contribution < -0.4 is 5.73 Å². The van der Waals surface area contributed by atoms with Gasteiger partial charge in [-0.15, -0.1) is 0 Å². The number of imidazole rings is 1. The highest BCUT2D eigenvalue weighted by atomic mass is 15.3. The van der Waals surface area contributed by atoms with Crippen molar-refractivity contribution in [3.8, 4) is 0 Å². The van der Waals surface area contributed by atoms with Gasteiger partial charge >= 0.3 is 0 Å². The molecule has 0 atom stereocenters. The molecule has 3 aromatic heterocycles. The number of fused-ring (bicyclic) bond motifs is 1. The molecule has 6 heteroatoms. The molecule has 0 aliphatic heterocycles. The number of hydrogen-bond acceptors (Lipinski definition) is 4. The van der Waals surface area contributed by atoms with Gasteiger partial charge in [-0.1, -0.05) is 0 Å². The first kappa shape index (κ1) is 9.83. The molecular formula is C11H12N6. The Morgan fingerprint density at radius 3 is 2.94 bits per heavy atom. The summed E-state index contributed by atoms with van der Waals surface area (Å²) in [5.74, 6) is 0.492. The van der Waals surface area contributed by atoms with Crippen LogP contribution in [0.1, 0.15) is 0 Å². The molecule has 0 unspecified atom stereocenters. The number of rotatable bonds is 3. The molecule has 0 aromatic carbocycles. The second kappa shape index (κ2) is 3.89. The third kappa shape index (κ3) is 1.73. The van der Waals surface area contributed by atoms with Crippen LogP contribution in [0.4, 0.5) is 5.95 Å². The molecule has 0 aliphatic carbocycles. The minimum Gasteiger partial charge on any atom is -0.369 e. The number of aromatic nitrogens is 5. The van der Waals surface area contributed by atoms with Gasteiger partial charge in [-0.3, -0.25) is 9.25 Å². The highest BCUT2D eigenvalue weighted by molar-refractivity contribution is 5.73. The van der Waals surface area contributed by atoms with Crippen molar-refractivity contribution in [3.63, 3.8) is 0 Å². The van der Waals surface area contributed by atoms with E-state index >= 15 is 0 Å². The van der Waals surface area contributed by atoms with Crippen LogP contribution in [-0.2, 0) is 13.1 Å². The quantitative estimate of drug-likeness (QED) is 0.723. The van der Waals surface area contributed by atoms with E-state index in [0.717, 1.165) is 17.7 Å². The van der Waals surface area contributed by atoms with Crippen LogP contribution in [0.25, 0.3) is 11.2 Å². The average molecular weight is 228 g/mol. The van der Waals surface area contributed by atoms with Gasteiger partial charge in [-0.2, -0.15) is 5.10 Å². The lowest BCUT2D eigenvalue weighted by Gasteiger charge is -2.05. The monoisotopic (exact) mass is 228 g/mol. The summed E-state index contributed by atoms with van der Waals surface area (Å²) in [5, 5.41) is 4.15. The largest absolute Gasteiger partial charge is 0.369 e. The third-order valence-corrected chi connectivity index (χ3v) is 2.65. The maximum atomic E-state index is 5.87. The molecule has 0 bridgehead atoms. The molecule has 3 heterocycles. The Balaban J connectivity index is 1.92. The van der Waals surface area contributed by atoms with Crippen molar-refractivity contribution in [1.29, 1.82) is 0 Å². The van der Waals surface area contributed by atoms with Crippen LogP contribution in [0, 0.1) is 0 Å². The first-order valence-electron chi connectivity index (χ1n) is 5.39. The molecule has 17 heavy (non-hydrogen) atoms. The van der Waals surface area contributed by atoms with Crippen LogP contribution in [-0.4, -0.2) is 24.3 Å². The Kier molecular flexibility index (Phi) is 2.25. The molecule has 0 aliphatic rings. The Labute approximate surface area is 97.7 Å². The Bertz CT molecular complexity index is 625. The molecule has 0 fully saturated rings. The van der Waals surface area contributed by atoms with E-state index in [2.05, 4.69) is 15.1 Å². The smallest absolute Gasteiger partial charge is 0.202 e. The summed E-state index contributed by atoms with van der Waals surface area (Å²) in [6, 6.07) is 5.66. The average Bonchev–Trinajstić information content (AvgIpc) is 2.93. The minimum atomic E-state index is 0.492. The van der Waals surface area contributed by atoms with E-state index in [4.69, 9.17) is 5.73 Å². The lowest BCUT2D eigenvalue weighted by molar-refractivity contribution is 0.543. The van der Waals surface area contributed by atoms with E-state index in [1.54, 1.807) is 12.4 Å². The van der Waals surface area contributed by atoms with E-state index in [0.29, 0.717) is 12.5 Å². The van der Waals surface area contributed by atoms with E-state index < -0.39 is 0 Å². The maximum absolute atomic E-state index is 5.87. The molecule has 0 saturated heterocycles. The van der Waals surface area contributed by atoms with E-state index in [-0.39, 0.29) is 0 Å². The Morgan fingerprint density at radius 2 is 2.12 bits per heavy atom. The van der Waals surface area contributed by atoms with Gasteiger partial charge in [0, 0.05) is 25.1 Å². The first-order valence-corrected chi connectivity index (χ1v) is 5.39. The van der Waals surface area contributed by atoms with Crippen molar-refractivity contribution in [2.24, 2.45) is 0 Å². The van der Waals surface area contributed by atoms with E-state index in [1.807, 2.05) is 33.6 Å². The summed E-state index contributed by atoms with van der Waals surface area (Å²) >= 11 is 0. The Hall–Kier alpha value is -2.37. The van der Waals surface area contributed by atoms with E-state index in [1.165, 1.54) is 0 Å². The van der Waals surface area contributed by atoms with Gasteiger partial charge in [-0.05, 0) is 18.2 Å². The SMILES string of the molecule is Nc1nc2cccnc2n1CCn1cccn1. The predicted molar refractivity (Wildman–Crippen MR) is 64.2 cm³/mol. The zero-order chi connectivity index (χ0) is 11.7. The molecule has 86 valence electrons. The fraction of sp³-hybridized carbons (Fsp3) is 0.182. The number of anilines is 1. The summed E-state index contributed by atoms with van der Waals surface area (Å²) in [7, 11) is 0. The standard InChI is InChI=1S/C11H12N6/c12-11-15-9-3-1-4-13-10(9)17(11)8-7-16-6-2-5-14-16/h1-6H,7-8H2,(H2,12,15). The van der Waals surface area contributed by atoms with Crippen LogP contribution >= 0.6 is 0 Å². The van der Waals surface area contributed by atoms with Crippen LogP contribution in [0.2, 0.25) is 0 Å². The summed E-state index contributed by atoms with van der Waals surface area (Å²) in [4.78, 5) is 8.55. The van der Waals surface area contributed by atoms with Gasteiger partial charge in [0.25, 0.3) is 0 Å². The minimum absolute atomic E-state index is 0.492. The zero-order valence-electron chi connectivity index (χ0n) is 9.19. The van der Waals surface area contributed by atoms with Crippen molar-refractivity contribution in [2.45, 2.75) is 13.1 Å². The number of aryl methyl sites for hydroxylation is 2. The maximum Gasteiger partial charge on any atom is 0.202 e. The molecular weight excluding hydrogens is 216 g/mol. The number of hydrogen-bond donors (Lipinski definition) is 1. The van der Waals surface area contributed by atoms with Gasteiger partial charge in [0.15, 0.2) is 5.65 Å². The number of nitrogens with two attached hydrogens (primary N) is 1. The molecule has 2 N–H and O–H groups in total. The van der Waals surface area contributed by atoms with Crippen LogP contribution in [0.15, 0.2) is 36.8 Å². The Morgan fingerprint density at radius 1 is 1.18 bits per heavy atom. The molecule has 0 saturated carbocycles. The van der Waals surface area contributed by atoms with Gasteiger partial charge in [0.2, 0.25) is 5.95 Å². The van der Waals surface area contributed by atoms with Crippen molar-refractivity contribution in [1.82, 2.24) is 24.3 Å². The number of nitrogens with zero attached hydrogens (tertiary/aromatic N) is 5. The number of nitrogen functional groups attached to an aromatic ring is 1. The topological polar surface area (TPSA) is 74.5 Å². The summed E-state index contributed by atoms with van der Waals surface area (Å²) < 4.78 is 3.76. The van der Waals surface area contributed by atoms with E-state index in [9.17, 15) is 0 Å². The molecule has 0 spiro atoms. The summed E-state index contributed by atoms with van der Waals surface area (Å²) in [6.45, 7) is 1.46. The van der Waals surface area contributed by atoms with Crippen molar-refractivity contribution in [3.05, 3.63) is 36.8 Å². The van der Waals surface area contributed by atoms with Crippen LogP contribution in [0.3, 0.4) is 0 Å². The summed E-state index contributed by atoms with van der Waals surface area (Å²) in [6.07, 6.45) is 5.42. The molecule has 0 radical (unpaired) electrons. The second-order valence-corrected chi connectivity index (χ2v) is 3.74. The van der Waals surface area contributed by atoms with Crippen LogP contribution in [0.5, 0.6) is 0 Å². The lowest BCUT2D eigenvalue weighted by Crippen LogP contribution is -2.10. The second-order valence-electron chi connectivity index (χ2n) is 3.74. The van der Waals surface area contributed by atoms with Crippen molar-refractivity contribution >= 4 is 17.1 Å². The lowest BCUT2D eigenvalue weighted by atomic mass is 10.4. The van der Waals surface area contributed by atoms with Crippen molar-refractivity contribution in [2.75, 3.05) is 5.73 Å². The summed E-state index contributed by atoms with van der Waals surface area (Å²) in [5.41, 5.74) is 7.52. The first-order chi connectivity index (χ1) is 8.34. The third-order valence-electron chi connectivity index (χ3n) is 2.65. The zero-order valence-corrected chi connectivity index (χ0v) is 9.19. The van der Waals surface area contributed by atoms with Crippen molar-refractivity contribution < 1.29 is 0 Å². The number of pyridine rings is 1. The fourth-order valence-electron chi connectivity index (χ4n) is 1.83. The highest BCUT2D eigenvalue weighted by Crippen LogP contribution is 2.14. The highest BCUT2D eigenvalue weighted by Gasteiger charge is 2.08. The predicted octanol–water partition coefficient (Wildman–Crippen LogP) is 0.910. The molecule has 3 aromatic rings. The van der Waals surface area contributed by atoms with Gasteiger partial charge in [0.1, 0.15) is 5.52 Å². The van der Waals surface area contributed by atoms with Gasteiger partial charge in [-0.25, -0.2) is 9.97 Å². The fourth-order valence-corrected chi connectivity index (χ4v) is 1.83. The van der Waals surface area contributed by atoms with Gasteiger partial charge in [0.05, 0.1) is 6.54 Å².